The second kappa shape index (κ2) is 11.5. The van der Waals surface area contributed by atoms with Crippen LogP contribution in [-0.4, -0.2) is 79.1 Å². The molecule has 31 heavy (non-hydrogen) atoms. The molecule has 1 aromatic carbocycles. The van der Waals surface area contributed by atoms with Gasteiger partial charge in [-0.25, -0.2) is 4.79 Å². The first kappa shape index (κ1) is 25.2. The van der Waals surface area contributed by atoms with Gasteiger partial charge in [-0.05, 0) is 51.9 Å². The number of nitrogens with one attached hydrogen (secondary N) is 2. The molecule has 0 aliphatic carbocycles. The number of piperazine rings is 1. The molecule has 1 saturated heterocycles. The molecule has 3 amide bonds. The Kier molecular flexibility index (Phi) is 9.40. The number of rotatable bonds is 7. The summed E-state index contributed by atoms with van der Waals surface area (Å²) < 4.78 is 5.39. The van der Waals surface area contributed by atoms with Gasteiger partial charge in [-0.2, -0.15) is 0 Å². The number of halogens is 2. The molecule has 0 bridgehead atoms. The van der Waals surface area contributed by atoms with Crippen molar-refractivity contribution in [3.05, 3.63) is 33.8 Å². The number of amides is 3. The number of carbonyl (C=O) groups is 3. The number of nitrogens with zero attached hydrogens (tertiary/aromatic N) is 2. The van der Waals surface area contributed by atoms with E-state index in [9.17, 15) is 14.4 Å². The second-order valence-corrected chi connectivity index (χ2v) is 9.16. The maximum atomic E-state index is 12.1. The third kappa shape index (κ3) is 8.93. The van der Waals surface area contributed by atoms with Crippen molar-refractivity contribution < 1.29 is 19.1 Å². The van der Waals surface area contributed by atoms with Gasteiger partial charge in [0.25, 0.3) is 5.91 Å². The molecular weight excluding hydrogens is 443 g/mol. The first-order chi connectivity index (χ1) is 14.5. The van der Waals surface area contributed by atoms with Crippen LogP contribution in [0.1, 0.15) is 37.6 Å². The van der Waals surface area contributed by atoms with Crippen molar-refractivity contribution in [3.8, 4) is 0 Å². The molecule has 1 heterocycles. The molecule has 0 unspecified atom stereocenters. The van der Waals surface area contributed by atoms with Crippen molar-refractivity contribution in [1.82, 2.24) is 20.4 Å². The molecule has 1 aliphatic rings. The van der Waals surface area contributed by atoms with E-state index in [2.05, 4.69) is 15.5 Å². The van der Waals surface area contributed by atoms with Crippen molar-refractivity contribution in [2.24, 2.45) is 0 Å². The highest BCUT2D eigenvalue weighted by Crippen LogP contribution is 2.20. The SMILES string of the molecule is CC(C)(C)OC(=O)N1CCN(CCCNC(=O)CNC(=O)c2ccc(Cl)cc2Cl)CC1. The van der Waals surface area contributed by atoms with Crippen LogP contribution in [0.4, 0.5) is 4.79 Å². The average Bonchev–Trinajstić information content (AvgIpc) is 2.68. The van der Waals surface area contributed by atoms with E-state index in [0.717, 1.165) is 26.1 Å². The zero-order chi connectivity index (χ0) is 23.0. The van der Waals surface area contributed by atoms with E-state index in [1.807, 2.05) is 20.8 Å². The van der Waals surface area contributed by atoms with Crippen LogP contribution in [0.25, 0.3) is 0 Å². The van der Waals surface area contributed by atoms with Gasteiger partial charge >= 0.3 is 6.09 Å². The van der Waals surface area contributed by atoms with Crippen LogP contribution in [0.5, 0.6) is 0 Å². The molecule has 0 atom stereocenters. The van der Waals surface area contributed by atoms with Gasteiger partial charge in [0.05, 0.1) is 17.1 Å². The van der Waals surface area contributed by atoms with Crippen LogP contribution in [0.3, 0.4) is 0 Å². The number of hydrogen-bond donors (Lipinski definition) is 2. The number of carbonyl (C=O) groups excluding carboxylic acids is 3. The van der Waals surface area contributed by atoms with Crippen LogP contribution in [-0.2, 0) is 9.53 Å². The first-order valence-electron chi connectivity index (χ1n) is 10.3. The average molecular weight is 473 g/mol. The minimum Gasteiger partial charge on any atom is -0.444 e. The van der Waals surface area contributed by atoms with Crippen LogP contribution in [0.2, 0.25) is 10.0 Å². The highest BCUT2D eigenvalue weighted by atomic mass is 35.5. The maximum absolute atomic E-state index is 12.1. The van der Waals surface area contributed by atoms with Crippen LogP contribution >= 0.6 is 23.2 Å². The van der Waals surface area contributed by atoms with E-state index in [1.165, 1.54) is 12.1 Å². The maximum Gasteiger partial charge on any atom is 0.410 e. The van der Waals surface area contributed by atoms with Crippen molar-refractivity contribution >= 4 is 41.1 Å². The van der Waals surface area contributed by atoms with Crippen molar-refractivity contribution in [2.75, 3.05) is 45.8 Å². The van der Waals surface area contributed by atoms with Crippen LogP contribution in [0.15, 0.2) is 18.2 Å². The van der Waals surface area contributed by atoms with Crippen LogP contribution in [0, 0.1) is 0 Å². The van der Waals surface area contributed by atoms with E-state index >= 15 is 0 Å². The molecule has 2 rings (SSSR count). The van der Waals surface area contributed by atoms with Crippen molar-refractivity contribution in [1.29, 1.82) is 0 Å². The summed E-state index contributed by atoms with van der Waals surface area (Å²) in [6.07, 6.45) is 0.496. The van der Waals surface area contributed by atoms with E-state index in [4.69, 9.17) is 27.9 Å². The topological polar surface area (TPSA) is 91.0 Å². The van der Waals surface area contributed by atoms with Gasteiger partial charge in [-0.3, -0.25) is 14.5 Å². The highest BCUT2D eigenvalue weighted by molar-refractivity contribution is 6.36. The Hall–Kier alpha value is -2.03. The Labute approximate surface area is 193 Å². The lowest BCUT2D eigenvalue weighted by Gasteiger charge is -2.35. The van der Waals surface area contributed by atoms with E-state index in [1.54, 1.807) is 11.0 Å². The molecule has 0 saturated carbocycles. The summed E-state index contributed by atoms with van der Waals surface area (Å²) in [7, 11) is 0. The Morgan fingerprint density at radius 1 is 1.06 bits per heavy atom. The lowest BCUT2D eigenvalue weighted by molar-refractivity contribution is -0.120. The highest BCUT2D eigenvalue weighted by Gasteiger charge is 2.25. The number of hydrogen-bond acceptors (Lipinski definition) is 5. The van der Waals surface area contributed by atoms with Gasteiger partial charge in [0.1, 0.15) is 5.60 Å². The molecule has 172 valence electrons. The van der Waals surface area contributed by atoms with Crippen LogP contribution < -0.4 is 10.6 Å². The lowest BCUT2D eigenvalue weighted by atomic mass is 10.2. The molecule has 8 nitrogen and oxygen atoms in total. The summed E-state index contributed by atoms with van der Waals surface area (Å²) in [4.78, 5) is 40.1. The van der Waals surface area contributed by atoms with Crippen molar-refractivity contribution in [3.63, 3.8) is 0 Å². The van der Waals surface area contributed by atoms with E-state index in [-0.39, 0.29) is 29.1 Å². The molecule has 1 aromatic rings. The van der Waals surface area contributed by atoms with Crippen molar-refractivity contribution in [2.45, 2.75) is 32.8 Å². The Morgan fingerprint density at radius 2 is 1.74 bits per heavy atom. The number of benzene rings is 1. The van der Waals surface area contributed by atoms with Gasteiger partial charge < -0.3 is 20.3 Å². The molecule has 1 fully saturated rings. The normalized spacial score (nSPS) is 14.8. The Balaban J connectivity index is 1.59. The summed E-state index contributed by atoms with van der Waals surface area (Å²) in [6.45, 7) is 9.54. The zero-order valence-corrected chi connectivity index (χ0v) is 19.7. The Morgan fingerprint density at radius 3 is 2.35 bits per heavy atom. The minimum atomic E-state index is -0.493. The Bertz CT molecular complexity index is 790. The summed E-state index contributed by atoms with van der Waals surface area (Å²) in [6, 6.07) is 4.56. The predicted molar refractivity (Wildman–Crippen MR) is 121 cm³/mol. The molecular formula is C21H30Cl2N4O4. The molecule has 1 aliphatic heterocycles. The van der Waals surface area contributed by atoms with Gasteiger partial charge in [0.2, 0.25) is 5.91 Å². The monoisotopic (exact) mass is 472 g/mol. The zero-order valence-electron chi connectivity index (χ0n) is 18.2. The smallest absolute Gasteiger partial charge is 0.410 e. The molecule has 0 aromatic heterocycles. The molecule has 10 heteroatoms. The fourth-order valence-electron chi connectivity index (χ4n) is 3.00. The van der Waals surface area contributed by atoms with E-state index in [0.29, 0.717) is 24.7 Å². The molecule has 0 radical (unpaired) electrons. The van der Waals surface area contributed by atoms with E-state index < -0.39 is 11.5 Å². The van der Waals surface area contributed by atoms with Gasteiger partial charge in [-0.15, -0.1) is 0 Å². The quantitative estimate of drug-likeness (QED) is 0.595. The fraction of sp³-hybridized carbons (Fsp3) is 0.571. The summed E-state index contributed by atoms with van der Waals surface area (Å²) in [5.74, 6) is -0.701. The standard InChI is InChI=1S/C21H30Cl2N4O4/c1-21(2,3)31-20(30)27-11-9-26(10-12-27)8-4-7-24-18(28)14-25-19(29)16-6-5-15(22)13-17(16)23/h5-6,13H,4,7-12,14H2,1-3H3,(H,24,28)(H,25,29). The molecule has 2 N–H and O–H groups in total. The third-order valence-electron chi connectivity index (χ3n) is 4.58. The summed E-state index contributed by atoms with van der Waals surface area (Å²) >= 11 is 11.8. The number of ether oxygens (including phenoxy) is 1. The molecule has 0 spiro atoms. The van der Waals surface area contributed by atoms with Gasteiger partial charge in [0.15, 0.2) is 0 Å². The van der Waals surface area contributed by atoms with Gasteiger partial charge in [0, 0.05) is 37.7 Å². The fourth-order valence-corrected chi connectivity index (χ4v) is 3.50. The summed E-state index contributed by atoms with van der Waals surface area (Å²) in [5.41, 5.74) is -0.225. The van der Waals surface area contributed by atoms with Gasteiger partial charge in [-0.1, -0.05) is 23.2 Å². The lowest BCUT2D eigenvalue weighted by Crippen LogP contribution is -2.50. The summed E-state index contributed by atoms with van der Waals surface area (Å²) in [5, 5.41) is 6.00. The second-order valence-electron chi connectivity index (χ2n) is 8.32. The largest absolute Gasteiger partial charge is 0.444 e. The third-order valence-corrected chi connectivity index (χ3v) is 5.13. The first-order valence-corrected chi connectivity index (χ1v) is 11.0. The minimum absolute atomic E-state index is 0.133. The predicted octanol–water partition coefficient (Wildman–Crippen LogP) is 2.78.